The Hall–Kier alpha value is -2.29. The van der Waals surface area contributed by atoms with E-state index in [0.29, 0.717) is 0 Å². The Morgan fingerprint density at radius 2 is 0.729 bits per heavy atom. The maximum absolute atomic E-state index is 12.5. The van der Waals surface area contributed by atoms with Crippen molar-refractivity contribution < 1.29 is 163 Å². The van der Waals surface area contributed by atoms with Crippen LogP contribution in [0.5, 0.6) is 0 Å². The fraction of sp³-hybridized carbons (Fsp3) is 0.933. The molecule has 0 spiro atoms. The molecule has 0 amide bonds. The van der Waals surface area contributed by atoms with Crippen LogP contribution in [0.3, 0.4) is 0 Å². The van der Waals surface area contributed by atoms with E-state index in [1.165, 1.54) is 14.2 Å². The van der Waals surface area contributed by atoms with Gasteiger partial charge in [-0.15, -0.1) is 0 Å². The maximum atomic E-state index is 12.5. The molecule has 0 aromatic heterocycles. The zero-order chi connectivity index (χ0) is 52.7. The van der Waals surface area contributed by atoms with E-state index in [4.69, 9.17) is 42.6 Å². The van der Waals surface area contributed by atoms with Crippen LogP contribution in [0.15, 0.2) is 0 Å². The molecule has 37 nitrogen and oxygen atoms in total. The second kappa shape index (κ2) is 23.1. The number of aliphatic carboxylic acids is 2. The van der Waals surface area contributed by atoms with Crippen molar-refractivity contribution in [3.8, 4) is 0 Å². The van der Waals surface area contributed by atoms with Gasteiger partial charge in [0.05, 0.1) is 19.8 Å². The predicted octanol–water partition coefficient (Wildman–Crippen LogP) is -13.5. The van der Waals surface area contributed by atoms with Gasteiger partial charge in [-0.05, 0) is 0 Å². The third kappa shape index (κ3) is 13.5. The van der Waals surface area contributed by atoms with Crippen LogP contribution < -0.4 is 14.2 Å². The van der Waals surface area contributed by atoms with Gasteiger partial charge in [-0.1, -0.05) is 0 Å². The Morgan fingerprint density at radius 1 is 0.400 bits per heavy atom. The summed E-state index contributed by atoms with van der Waals surface area (Å²) in [5.41, 5.74) is 0. The van der Waals surface area contributed by atoms with Gasteiger partial charge in [-0.3, -0.25) is 13.7 Å². The van der Waals surface area contributed by atoms with Crippen LogP contribution in [0.2, 0.25) is 0 Å². The van der Waals surface area contributed by atoms with E-state index in [2.05, 4.69) is 0 Å². The Labute approximate surface area is 392 Å². The number of hydrogen-bond acceptors (Lipinski definition) is 29. The highest BCUT2D eigenvalue weighted by Crippen LogP contribution is 2.36. The molecule has 0 bridgehead atoms. The molecule has 5 aliphatic rings. The molecule has 70 heavy (non-hydrogen) atoms. The summed E-state index contributed by atoms with van der Waals surface area (Å²) in [6, 6.07) is -6.87. The van der Waals surface area contributed by atoms with E-state index >= 15 is 0 Å². The van der Waals surface area contributed by atoms with Gasteiger partial charge in [-0.25, -0.2) is 9.59 Å². The first-order chi connectivity index (χ1) is 32.3. The van der Waals surface area contributed by atoms with Crippen LogP contribution in [-0.4, -0.2) is 296 Å². The van der Waals surface area contributed by atoms with Gasteiger partial charge in [0, 0.05) is 0 Å². The normalized spacial score (nSPS) is 45.5. The summed E-state index contributed by atoms with van der Waals surface area (Å²) in [7, 11) is -16.0. The molecule has 0 aromatic rings. The first-order valence-electron chi connectivity index (χ1n) is 19.9. The molecule has 1 unspecified atom stereocenters. The Kier molecular flexibility index (Phi) is 19.3. The summed E-state index contributed by atoms with van der Waals surface area (Å²) in [6.45, 7) is -3.55. The minimum absolute atomic E-state index is 1.09. The molecule has 5 heterocycles. The number of nitrogens with one attached hydrogen (secondary N) is 3. The third-order valence-electron chi connectivity index (χ3n) is 11.2. The van der Waals surface area contributed by atoms with Crippen molar-refractivity contribution >= 4 is 42.9 Å². The van der Waals surface area contributed by atoms with Crippen molar-refractivity contribution in [1.29, 1.82) is 0 Å². The van der Waals surface area contributed by atoms with Crippen molar-refractivity contribution in [3.05, 3.63) is 0 Å². The number of hydrogen-bond donors (Lipinski definition) is 20. The summed E-state index contributed by atoms with van der Waals surface area (Å²) in [5, 5.41) is 147. The fourth-order valence-electron chi connectivity index (χ4n) is 7.91. The second-order valence-corrected chi connectivity index (χ2v) is 19.5. The van der Waals surface area contributed by atoms with Crippen LogP contribution in [0.4, 0.5) is 0 Å². The van der Waals surface area contributed by atoms with Crippen LogP contribution >= 0.6 is 0 Å². The molecule has 5 fully saturated rings. The van der Waals surface area contributed by atoms with Crippen LogP contribution in [0.25, 0.3) is 0 Å². The monoisotopic (exact) mass is 1090 g/mol. The van der Waals surface area contributed by atoms with E-state index in [9.17, 15) is 120 Å². The van der Waals surface area contributed by atoms with Gasteiger partial charge in [0.1, 0.15) is 110 Å². The lowest BCUT2D eigenvalue weighted by Crippen LogP contribution is -2.70. The number of ether oxygens (including phenoxy) is 9. The summed E-state index contributed by atoms with van der Waals surface area (Å²) >= 11 is 0. The van der Waals surface area contributed by atoms with Gasteiger partial charge in [0.25, 0.3) is 0 Å². The first-order valence-corrected chi connectivity index (χ1v) is 24.2. The zero-order valence-electron chi connectivity index (χ0n) is 34.8. The maximum Gasteiger partial charge on any atom is 0.335 e. The minimum Gasteiger partial charge on any atom is -0.479 e. The molecule has 5 saturated heterocycles. The van der Waals surface area contributed by atoms with Crippen LogP contribution in [0.1, 0.15) is 0 Å². The summed E-state index contributed by atoms with van der Waals surface area (Å²) in [4.78, 5) is 25.0. The molecular formula is C30H51N3O34S3. The lowest BCUT2D eigenvalue weighted by atomic mass is 9.94. The lowest BCUT2D eigenvalue weighted by molar-refractivity contribution is -0.375. The van der Waals surface area contributed by atoms with Crippen molar-refractivity contribution in [3.63, 3.8) is 0 Å². The molecule has 408 valence electrons. The molecule has 0 radical (unpaired) electrons. The molecule has 5 aliphatic heterocycles. The SMILES string of the molecule is O=C(O)[C@H]1O[C@@H](O[C@H]2[C@H](O)[C@@H](NS(=O)(=O)O)[C@@H](O[C@H]3[C@H](O)[C@@H](O)[C@H](O[C@H]4[C@H](O)[C@@H](NS(=O)(=O)O)C(O)O[C@@H]4CO)O[C@H]3C(=O)O)O[C@@H]2CO)[C@H](O)[C@@H](O)[C@@H]1O[C@H]1O[C@H](CO)[C@@H](O)[C@H](O)[C@H]1NS(=O)(=O)O. The Bertz CT molecular complexity index is 2130. The number of aliphatic hydroxyl groups is 12. The number of aliphatic hydroxyl groups excluding tert-OH is 12. The molecule has 5 rings (SSSR count). The van der Waals surface area contributed by atoms with Crippen molar-refractivity contribution in [2.75, 3.05) is 19.8 Å². The lowest BCUT2D eigenvalue weighted by Gasteiger charge is -2.49. The van der Waals surface area contributed by atoms with Gasteiger partial charge in [-0.2, -0.15) is 39.4 Å². The van der Waals surface area contributed by atoms with E-state index in [1.807, 2.05) is 0 Å². The second-order valence-electron chi connectivity index (χ2n) is 15.9. The van der Waals surface area contributed by atoms with Crippen molar-refractivity contribution in [1.82, 2.24) is 14.2 Å². The number of carboxylic acid groups (broad SMARTS) is 2. The smallest absolute Gasteiger partial charge is 0.335 e. The van der Waals surface area contributed by atoms with Crippen molar-refractivity contribution in [2.45, 2.75) is 153 Å². The van der Waals surface area contributed by atoms with E-state index in [0.717, 1.165) is 0 Å². The highest BCUT2D eigenvalue weighted by Gasteiger charge is 2.59. The highest BCUT2D eigenvalue weighted by molar-refractivity contribution is 7.84. The standard InChI is InChI=1S/C30H51N3O34S3/c34-1-4-10(37)11(38)8(32-69(53,54)55)27(60-4)64-20-14(41)17(44)30(67-22(20)24(45)46)63-19-6(3-36)61-28(9(13(19)40)33-70(56,57)58)65-21-15(42)16(43)29(66-23(21)25(47)48)62-18-5(2-35)59-26(49)7(12(18)39)31-68(50,51)52/h4-23,26-44,49H,1-3H2,(H,45,46)(H,47,48)(H,50,51,52)(H,53,54,55)(H,56,57,58)/t4-,5-,6-,7-,8-,9-,10-,11-,12-,13-,14-,15-,16-,17-,18-,19-,20+,21+,22+,23-,26?,27-,28-,29-,30-/m1/s1. The minimum atomic E-state index is -5.55. The van der Waals surface area contributed by atoms with Crippen molar-refractivity contribution in [2.24, 2.45) is 0 Å². The quantitative estimate of drug-likeness (QED) is 0.0534. The van der Waals surface area contributed by atoms with Gasteiger partial charge in [0.2, 0.25) is 0 Å². The first kappa shape index (κ1) is 58.6. The molecule has 20 N–H and O–H groups in total. The average molecular weight is 1090 g/mol. The van der Waals surface area contributed by atoms with Crippen LogP contribution in [-0.2, 0) is 83.1 Å². The largest absolute Gasteiger partial charge is 0.479 e. The average Bonchev–Trinajstić information content (AvgIpc) is 3.25. The molecule has 25 atom stereocenters. The fourth-order valence-corrected chi connectivity index (χ4v) is 9.70. The number of carboxylic acids is 2. The summed E-state index contributed by atoms with van der Waals surface area (Å²) in [5.74, 6) is -4.15. The predicted molar refractivity (Wildman–Crippen MR) is 205 cm³/mol. The summed E-state index contributed by atoms with van der Waals surface area (Å²) < 4.78 is 151. The van der Waals surface area contributed by atoms with E-state index in [-0.39, 0.29) is 0 Å². The van der Waals surface area contributed by atoms with E-state index < -0.39 is 216 Å². The Balaban J connectivity index is 1.37. The number of rotatable bonds is 19. The molecular weight excluding hydrogens is 1040 g/mol. The van der Waals surface area contributed by atoms with Gasteiger partial charge >= 0.3 is 42.9 Å². The Morgan fingerprint density at radius 3 is 1.10 bits per heavy atom. The molecule has 0 saturated carbocycles. The van der Waals surface area contributed by atoms with Gasteiger partial charge < -0.3 is 114 Å². The van der Waals surface area contributed by atoms with Gasteiger partial charge in [0.15, 0.2) is 43.7 Å². The number of carbonyl (C=O) groups is 2. The van der Waals surface area contributed by atoms with E-state index in [1.54, 1.807) is 0 Å². The third-order valence-corrected chi connectivity index (χ3v) is 12.9. The molecule has 0 aromatic carbocycles. The zero-order valence-corrected chi connectivity index (χ0v) is 37.3. The van der Waals surface area contributed by atoms with Crippen LogP contribution in [0, 0.1) is 0 Å². The molecule has 40 heteroatoms. The highest BCUT2D eigenvalue weighted by atomic mass is 32.2. The topological polar surface area (TPSA) is 600 Å². The molecule has 0 aliphatic carbocycles. The summed E-state index contributed by atoms with van der Waals surface area (Å²) in [6.07, 6.45) is -51.6.